The van der Waals surface area contributed by atoms with Crippen LogP contribution in [0.5, 0.6) is 11.5 Å². The average Bonchev–Trinajstić information content (AvgIpc) is 2.50. The van der Waals surface area contributed by atoms with Gasteiger partial charge in [0.25, 0.3) is 5.91 Å². The van der Waals surface area contributed by atoms with E-state index >= 15 is 0 Å². The molecule has 1 rings (SSSR count). The van der Waals surface area contributed by atoms with Crippen molar-refractivity contribution in [3.63, 3.8) is 0 Å². The summed E-state index contributed by atoms with van der Waals surface area (Å²) in [5.41, 5.74) is 5.89. The number of amides is 1. The molecular formula is C16H25ClN2O3. The Morgan fingerprint density at radius 1 is 1.27 bits per heavy atom. The number of hydrogen-bond donors (Lipinski definition) is 2. The van der Waals surface area contributed by atoms with Crippen LogP contribution in [0.4, 0.5) is 0 Å². The highest BCUT2D eigenvalue weighted by molar-refractivity contribution is 6.32. The van der Waals surface area contributed by atoms with Crippen LogP contribution in [-0.2, 0) is 0 Å². The smallest absolute Gasteiger partial charge is 0.251 e. The highest BCUT2D eigenvalue weighted by Gasteiger charge is 2.16. The second kappa shape index (κ2) is 10.3. The number of ether oxygens (including phenoxy) is 2. The Morgan fingerprint density at radius 2 is 2.05 bits per heavy atom. The molecule has 0 aliphatic carbocycles. The molecule has 0 aliphatic heterocycles. The largest absolute Gasteiger partial charge is 0.490 e. The zero-order chi connectivity index (χ0) is 16.4. The topological polar surface area (TPSA) is 73.6 Å². The van der Waals surface area contributed by atoms with Gasteiger partial charge in [0.05, 0.1) is 18.2 Å². The maximum absolute atomic E-state index is 12.1. The zero-order valence-electron chi connectivity index (χ0n) is 13.3. The van der Waals surface area contributed by atoms with Gasteiger partial charge in [0, 0.05) is 12.1 Å². The first kappa shape index (κ1) is 18.6. The van der Waals surface area contributed by atoms with Crippen molar-refractivity contribution in [2.75, 3.05) is 26.3 Å². The first-order chi connectivity index (χ1) is 10.6. The number of hydrogen-bond acceptors (Lipinski definition) is 4. The molecule has 6 heteroatoms. The molecule has 0 radical (unpaired) electrons. The van der Waals surface area contributed by atoms with Crippen molar-refractivity contribution in [2.45, 2.75) is 33.1 Å². The van der Waals surface area contributed by atoms with E-state index in [1.165, 1.54) is 0 Å². The summed E-state index contributed by atoms with van der Waals surface area (Å²) in [5.74, 6) is 0.808. The Morgan fingerprint density at radius 3 is 2.68 bits per heavy atom. The SMILES string of the molecule is CCCOc1c(Cl)cc(C(=O)NCCCCN)cc1OCC. The average molecular weight is 329 g/mol. The van der Waals surface area contributed by atoms with Gasteiger partial charge >= 0.3 is 0 Å². The van der Waals surface area contributed by atoms with Crippen LogP contribution in [0.1, 0.15) is 43.5 Å². The molecule has 0 fully saturated rings. The summed E-state index contributed by atoms with van der Waals surface area (Å²) < 4.78 is 11.2. The van der Waals surface area contributed by atoms with E-state index in [-0.39, 0.29) is 5.91 Å². The van der Waals surface area contributed by atoms with Crippen molar-refractivity contribution in [1.82, 2.24) is 5.32 Å². The third kappa shape index (κ3) is 5.73. The molecule has 124 valence electrons. The van der Waals surface area contributed by atoms with Crippen molar-refractivity contribution in [3.05, 3.63) is 22.7 Å². The Kier molecular flexibility index (Phi) is 8.70. The van der Waals surface area contributed by atoms with Gasteiger partial charge in [-0.3, -0.25) is 4.79 Å². The van der Waals surface area contributed by atoms with Gasteiger partial charge in [0.2, 0.25) is 0 Å². The van der Waals surface area contributed by atoms with Gasteiger partial charge in [-0.1, -0.05) is 18.5 Å². The van der Waals surface area contributed by atoms with Gasteiger partial charge < -0.3 is 20.5 Å². The minimum Gasteiger partial charge on any atom is -0.490 e. The number of carbonyl (C=O) groups is 1. The van der Waals surface area contributed by atoms with Crippen LogP contribution in [0, 0.1) is 0 Å². The molecule has 3 N–H and O–H groups in total. The van der Waals surface area contributed by atoms with Gasteiger partial charge in [0.1, 0.15) is 0 Å². The van der Waals surface area contributed by atoms with E-state index in [1.54, 1.807) is 12.1 Å². The van der Waals surface area contributed by atoms with Crippen LogP contribution in [-0.4, -0.2) is 32.2 Å². The van der Waals surface area contributed by atoms with E-state index in [0.717, 1.165) is 19.3 Å². The van der Waals surface area contributed by atoms with E-state index in [9.17, 15) is 4.79 Å². The lowest BCUT2D eigenvalue weighted by Crippen LogP contribution is -2.25. The lowest BCUT2D eigenvalue weighted by molar-refractivity contribution is 0.0952. The summed E-state index contributed by atoms with van der Waals surface area (Å²) in [6.45, 7) is 6.12. The number of halogens is 1. The highest BCUT2D eigenvalue weighted by atomic mass is 35.5. The molecule has 0 saturated carbocycles. The van der Waals surface area contributed by atoms with Crippen LogP contribution in [0.15, 0.2) is 12.1 Å². The van der Waals surface area contributed by atoms with Crippen molar-refractivity contribution >= 4 is 17.5 Å². The maximum atomic E-state index is 12.1. The van der Waals surface area contributed by atoms with E-state index in [4.69, 9.17) is 26.8 Å². The molecule has 1 aromatic rings. The van der Waals surface area contributed by atoms with Crippen molar-refractivity contribution < 1.29 is 14.3 Å². The Labute approximate surface area is 137 Å². The number of unbranched alkanes of at least 4 members (excludes halogenated alkanes) is 1. The van der Waals surface area contributed by atoms with Crippen molar-refractivity contribution in [2.24, 2.45) is 5.73 Å². The quantitative estimate of drug-likeness (QED) is 0.647. The third-order valence-corrected chi connectivity index (χ3v) is 3.22. The van der Waals surface area contributed by atoms with Crippen LogP contribution >= 0.6 is 11.6 Å². The molecule has 0 bridgehead atoms. The minimum absolute atomic E-state index is 0.179. The van der Waals surface area contributed by atoms with Crippen LogP contribution < -0.4 is 20.5 Å². The van der Waals surface area contributed by atoms with Crippen LogP contribution in [0.3, 0.4) is 0 Å². The normalized spacial score (nSPS) is 10.4. The second-order valence-electron chi connectivity index (χ2n) is 4.82. The molecule has 0 heterocycles. The van der Waals surface area contributed by atoms with Gasteiger partial charge in [-0.05, 0) is 44.9 Å². The lowest BCUT2D eigenvalue weighted by atomic mass is 10.1. The molecule has 0 aromatic heterocycles. The first-order valence-electron chi connectivity index (χ1n) is 7.71. The maximum Gasteiger partial charge on any atom is 0.251 e. The summed E-state index contributed by atoms with van der Waals surface area (Å²) in [7, 11) is 0. The molecule has 0 spiro atoms. The fraction of sp³-hybridized carbons (Fsp3) is 0.562. The van der Waals surface area contributed by atoms with E-state index < -0.39 is 0 Å². The molecule has 1 amide bonds. The molecule has 0 aliphatic rings. The van der Waals surface area contributed by atoms with Gasteiger partial charge in [-0.15, -0.1) is 0 Å². The molecule has 0 atom stereocenters. The fourth-order valence-electron chi connectivity index (χ4n) is 1.88. The van der Waals surface area contributed by atoms with E-state index in [2.05, 4.69) is 5.32 Å². The summed E-state index contributed by atoms with van der Waals surface area (Å²) in [4.78, 5) is 12.1. The van der Waals surface area contributed by atoms with Crippen LogP contribution in [0.25, 0.3) is 0 Å². The summed E-state index contributed by atoms with van der Waals surface area (Å²) >= 11 is 6.23. The number of carbonyl (C=O) groups excluding carboxylic acids is 1. The standard InChI is InChI=1S/C16H25ClN2O3/c1-3-9-22-15-13(17)10-12(11-14(15)21-4-2)16(20)19-8-6-5-7-18/h10-11H,3-9,18H2,1-2H3,(H,19,20). The second-order valence-corrected chi connectivity index (χ2v) is 5.23. The number of nitrogens with one attached hydrogen (secondary N) is 1. The van der Waals surface area contributed by atoms with Crippen molar-refractivity contribution in [3.8, 4) is 11.5 Å². The Balaban J connectivity index is 2.85. The van der Waals surface area contributed by atoms with E-state index in [1.807, 2.05) is 13.8 Å². The van der Waals surface area contributed by atoms with Crippen molar-refractivity contribution in [1.29, 1.82) is 0 Å². The summed E-state index contributed by atoms with van der Waals surface area (Å²) in [6, 6.07) is 3.27. The molecule has 0 unspecified atom stereocenters. The van der Waals surface area contributed by atoms with Gasteiger partial charge in [0.15, 0.2) is 11.5 Å². The number of rotatable bonds is 10. The Bertz CT molecular complexity index is 481. The van der Waals surface area contributed by atoms with Crippen LogP contribution in [0.2, 0.25) is 5.02 Å². The molecule has 5 nitrogen and oxygen atoms in total. The van der Waals surface area contributed by atoms with Gasteiger partial charge in [-0.2, -0.15) is 0 Å². The summed E-state index contributed by atoms with van der Waals surface area (Å²) in [6.07, 6.45) is 2.60. The predicted octanol–water partition coefficient (Wildman–Crippen LogP) is 3.00. The zero-order valence-corrected chi connectivity index (χ0v) is 14.0. The van der Waals surface area contributed by atoms with E-state index in [0.29, 0.717) is 48.4 Å². The predicted molar refractivity (Wildman–Crippen MR) is 89.0 cm³/mol. The Hall–Kier alpha value is -1.46. The van der Waals surface area contributed by atoms with Gasteiger partial charge in [-0.25, -0.2) is 0 Å². The molecule has 1 aromatic carbocycles. The lowest BCUT2D eigenvalue weighted by Gasteiger charge is -2.15. The monoisotopic (exact) mass is 328 g/mol. The molecule has 0 saturated heterocycles. The molecule has 22 heavy (non-hydrogen) atoms. The number of nitrogens with two attached hydrogens (primary N) is 1. The highest BCUT2D eigenvalue weighted by Crippen LogP contribution is 2.36. The first-order valence-corrected chi connectivity index (χ1v) is 8.09. The number of benzene rings is 1. The fourth-order valence-corrected chi connectivity index (χ4v) is 2.14. The minimum atomic E-state index is -0.179. The third-order valence-electron chi connectivity index (χ3n) is 2.94. The summed E-state index contributed by atoms with van der Waals surface area (Å²) in [5, 5.41) is 3.22. The molecular weight excluding hydrogens is 304 g/mol.